The highest BCUT2D eigenvalue weighted by molar-refractivity contribution is 7.09. The lowest BCUT2D eigenvalue weighted by atomic mass is 10.2. The van der Waals surface area contributed by atoms with E-state index >= 15 is 0 Å². The number of nitrogens with one attached hydrogen (secondary N) is 1. The lowest BCUT2D eigenvalue weighted by Crippen LogP contribution is -2.27. The topological polar surface area (TPSA) is 80.9 Å². The normalized spacial score (nSPS) is 12.3. The lowest BCUT2D eigenvalue weighted by Gasteiger charge is -2.10. The number of rotatable bonds is 6. The summed E-state index contributed by atoms with van der Waals surface area (Å²) in [5.41, 5.74) is 1.80. The number of aromatic nitrogens is 3. The summed E-state index contributed by atoms with van der Waals surface area (Å²) >= 11 is 3.15. The van der Waals surface area contributed by atoms with Crippen LogP contribution in [-0.2, 0) is 11.2 Å². The Morgan fingerprint density at radius 2 is 2.26 bits per heavy atom. The summed E-state index contributed by atoms with van der Waals surface area (Å²) in [4.78, 5) is 16.4. The minimum Gasteiger partial charge on any atom is -0.421 e. The molecular formula is C15H16N4O2S2. The van der Waals surface area contributed by atoms with Crippen LogP contribution in [0.5, 0.6) is 0 Å². The highest BCUT2D eigenvalue weighted by Gasteiger charge is 2.14. The summed E-state index contributed by atoms with van der Waals surface area (Å²) in [6.07, 6.45) is 0.727. The molecule has 0 aromatic carbocycles. The first-order valence-electron chi connectivity index (χ1n) is 7.18. The number of hydrogen-bond acceptors (Lipinski definition) is 7. The Balaban J connectivity index is 1.51. The van der Waals surface area contributed by atoms with Gasteiger partial charge in [-0.3, -0.25) is 4.79 Å². The van der Waals surface area contributed by atoms with E-state index in [0.29, 0.717) is 24.6 Å². The molecule has 3 aromatic heterocycles. The minimum absolute atomic E-state index is 0.0570. The summed E-state index contributed by atoms with van der Waals surface area (Å²) in [5.74, 6) is 0.907. The standard InChI is InChI=1S/C15H16N4O2S2/c1-9(12-8-23-10(2)17-12)16-13(20)3-4-14-18-19-15(21-14)11-5-6-22-7-11/h5-9H,3-4H2,1-2H3,(H,16,20)/t9-/m1/s1. The number of amides is 1. The summed E-state index contributed by atoms with van der Waals surface area (Å²) in [7, 11) is 0. The Morgan fingerprint density at radius 1 is 1.39 bits per heavy atom. The number of hydrogen-bond donors (Lipinski definition) is 1. The van der Waals surface area contributed by atoms with Crippen LogP contribution in [0.1, 0.15) is 36.0 Å². The van der Waals surface area contributed by atoms with E-state index in [1.54, 1.807) is 22.7 Å². The van der Waals surface area contributed by atoms with Crippen LogP contribution in [0.4, 0.5) is 0 Å². The fourth-order valence-corrected chi connectivity index (χ4v) is 3.38. The van der Waals surface area contributed by atoms with Gasteiger partial charge < -0.3 is 9.73 Å². The highest BCUT2D eigenvalue weighted by atomic mass is 32.1. The van der Waals surface area contributed by atoms with Crippen LogP contribution < -0.4 is 5.32 Å². The number of nitrogens with zero attached hydrogens (tertiary/aromatic N) is 3. The number of thiophene rings is 1. The van der Waals surface area contributed by atoms with Crippen LogP contribution in [0.15, 0.2) is 26.6 Å². The molecule has 0 aliphatic heterocycles. The van der Waals surface area contributed by atoms with E-state index in [9.17, 15) is 4.79 Å². The van der Waals surface area contributed by atoms with Crippen LogP contribution in [0, 0.1) is 6.92 Å². The smallest absolute Gasteiger partial charge is 0.248 e. The van der Waals surface area contributed by atoms with E-state index < -0.39 is 0 Å². The van der Waals surface area contributed by atoms with E-state index in [2.05, 4.69) is 20.5 Å². The van der Waals surface area contributed by atoms with E-state index in [0.717, 1.165) is 16.3 Å². The Bertz CT molecular complexity index is 779. The van der Waals surface area contributed by atoms with Gasteiger partial charge in [-0.25, -0.2) is 4.98 Å². The van der Waals surface area contributed by atoms with Gasteiger partial charge in [-0.2, -0.15) is 11.3 Å². The van der Waals surface area contributed by atoms with Crippen molar-refractivity contribution in [2.45, 2.75) is 32.7 Å². The molecule has 1 N–H and O–H groups in total. The van der Waals surface area contributed by atoms with Crippen molar-refractivity contribution < 1.29 is 9.21 Å². The molecule has 23 heavy (non-hydrogen) atoms. The Kier molecular flexibility index (Phi) is 4.82. The third-order valence-corrected chi connectivity index (χ3v) is 4.73. The van der Waals surface area contributed by atoms with Crippen LogP contribution >= 0.6 is 22.7 Å². The lowest BCUT2D eigenvalue weighted by molar-refractivity contribution is -0.121. The van der Waals surface area contributed by atoms with Crippen LogP contribution in [0.2, 0.25) is 0 Å². The maximum atomic E-state index is 12.0. The van der Waals surface area contributed by atoms with Crippen molar-refractivity contribution in [2.24, 2.45) is 0 Å². The van der Waals surface area contributed by atoms with Gasteiger partial charge in [0.05, 0.1) is 16.7 Å². The maximum absolute atomic E-state index is 12.0. The zero-order valence-corrected chi connectivity index (χ0v) is 14.4. The second-order valence-corrected chi connectivity index (χ2v) is 6.94. The summed E-state index contributed by atoms with van der Waals surface area (Å²) in [5, 5.41) is 17.8. The molecule has 8 heteroatoms. The quantitative estimate of drug-likeness (QED) is 0.738. The van der Waals surface area contributed by atoms with Crippen LogP contribution in [0.3, 0.4) is 0 Å². The molecule has 6 nitrogen and oxygen atoms in total. The van der Waals surface area contributed by atoms with E-state index in [-0.39, 0.29) is 11.9 Å². The first-order valence-corrected chi connectivity index (χ1v) is 9.00. The number of thiazole rings is 1. The average molecular weight is 348 g/mol. The van der Waals surface area contributed by atoms with Gasteiger partial charge in [0.1, 0.15) is 0 Å². The molecule has 0 aliphatic rings. The van der Waals surface area contributed by atoms with Gasteiger partial charge in [0.15, 0.2) is 0 Å². The molecule has 0 unspecified atom stereocenters. The van der Waals surface area contributed by atoms with Crippen molar-refractivity contribution >= 4 is 28.6 Å². The summed E-state index contributed by atoms with van der Waals surface area (Å²) in [6, 6.07) is 1.82. The molecule has 0 saturated carbocycles. The number of aryl methyl sites for hydroxylation is 2. The maximum Gasteiger partial charge on any atom is 0.248 e. The van der Waals surface area contributed by atoms with Gasteiger partial charge in [0.25, 0.3) is 0 Å². The molecule has 3 aromatic rings. The molecule has 0 spiro atoms. The molecular weight excluding hydrogens is 332 g/mol. The van der Waals surface area contributed by atoms with E-state index in [1.807, 2.05) is 36.1 Å². The first-order chi connectivity index (χ1) is 11.1. The Labute approximate surface area is 141 Å². The van der Waals surface area contributed by atoms with Crippen molar-refractivity contribution in [3.8, 4) is 11.5 Å². The second-order valence-electron chi connectivity index (χ2n) is 5.09. The summed E-state index contributed by atoms with van der Waals surface area (Å²) in [6.45, 7) is 3.87. The molecule has 120 valence electrons. The van der Waals surface area contributed by atoms with E-state index in [1.165, 1.54) is 0 Å². The van der Waals surface area contributed by atoms with Crippen molar-refractivity contribution in [1.29, 1.82) is 0 Å². The first kappa shape index (κ1) is 15.8. The van der Waals surface area contributed by atoms with Crippen molar-refractivity contribution in [1.82, 2.24) is 20.5 Å². The molecule has 0 bridgehead atoms. The molecule has 0 radical (unpaired) electrons. The number of carbonyl (C=O) groups is 1. The Morgan fingerprint density at radius 3 is 2.96 bits per heavy atom. The third-order valence-electron chi connectivity index (χ3n) is 3.26. The average Bonchev–Trinajstić information content (AvgIpc) is 3.26. The predicted octanol–water partition coefficient (Wildman–Crippen LogP) is 3.37. The van der Waals surface area contributed by atoms with Crippen molar-refractivity contribution in [2.75, 3.05) is 0 Å². The van der Waals surface area contributed by atoms with Gasteiger partial charge in [-0.05, 0) is 25.3 Å². The third kappa shape index (κ3) is 4.02. The fourth-order valence-electron chi connectivity index (χ4n) is 2.04. The molecule has 0 saturated heterocycles. The predicted molar refractivity (Wildman–Crippen MR) is 89.3 cm³/mol. The highest BCUT2D eigenvalue weighted by Crippen LogP contribution is 2.21. The van der Waals surface area contributed by atoms with Crippen LogP contribution in [0.25, 0.3) is 11.5 Å². The second kappa shape index (κ2) is 7.01. The van der Waals surface area contributed by atoms with Gasteiger partial charge >= 0.3 is 0 Å². The van der Waals surface area contributed by atoms with Crippen molar-refractivity contribution in [3.63, 3.8) is 0 Å². The fraction of sp³-hybridized carbons (Fsp3) is 0.333. The van der Waals surface area contributed by atoms with E-state index in [4.69, 9.17) is 4.42 Å². The SMILES string of the molecule is Cc1nc([C@@H](C)NC(=O)CCc2nnc(-c3ccsc3)o2)cs1. The molecule has 3 rings (SSSR count). The Hall–Kier alpha value is -2.06. The monoisotopic (exact) mass is 348 g/mol. The minimum atomic E-state index is -0.100. The van der Waals surface area contributed by atoms with Gasteiger partial charge in [-0.1, -0.05) is 0 Å². The van der Waals surface area contributed by atoms with Gasteiger partial charge in [-0.15, -0.1) is 21.5 Å². The molecule has 3 heterocycles. The zero-order valence-electron chi connectivity index (χ0n) is 12.8. The van der Waals surface area contributed by atoms with Gasteiger partial charge in [0.2, 0.25) is 17.7 Å². The zero-order chi connectivity index (χ0) is 16.2. The van der Waals surface area contributed by atoms with Crippen molar-refractivity contribution in [3.05, 3.63) is 38.8 Å². The van der Waals surface area contributed by atoms with Crippen LogP contribution in [-0.4, -0.2) is 21.1 Å². The largest absolute Gasteiger partial charge is 0.421 e. The molecule has 0 aliphatic carbocycles. The molecule has 1 atom stereocenters. The summed E-state index contributed by atoms with van der Waals surface area (Å²) < 4.78 is 5.57. The molecule has 1 amide bonds. The van der Waals surface area contributed by atoms with Gasteiger partial charge in [0, 0.05) is 29.2 Å². The number of carbonyl (C=O) groups excluding carboxylic acids is 1. The molecule has 0 fully saturated rings.